The molecule has 2 aromatic carbocycles. The van der Waals surface area contributed by atoms with Crippen LogP contribution in [0.2, 0.25) is 5.02 Å². The Morgan fingerprint density at radius 2 is 1.75 bits per heavy atom. The number of sulfone groups is 1. The summed E-state index contributed by atoms with van der Waals surface area (Å²) >= 11 is 6.14. The molecule has 0 aliphatic rings. The van der Waals surface area contributed by atoms with E-state index in [1.165, 1.54) is 12.1 Å². The lowest BCUT2D eigenvalue weighted by molar-refractivity contribution is 0.602. The fraction of sp³-hybridized carbons (Fsp3) is 0.143. The van der Waals surface area contributed by atoms with Crippen LogP contribution in [-0.4, -0.2) is 14.7 Å². The summed E-state index contributed by atoms with van der Waals surface area (Å²) in [6, 6.07) is 10.2. The van der Waals surface area contributed by atoms with Crippen LogP contribution < -0.4 is 11.1 Å². The standard InChI is InChI=1S/C14H15ClN2O2S/c1-9-3-5-13(11(15)7-9)17-14-6-4-10(8-12(14)16)20(2,18)19/h3-8,17H,16H2,1-2H3. The molecule has 0 saturated carbocycles. The van der Waals surface area contributed by atoms with Gasteiger partial charge in [-0.2, -0.15) is 0 Å². The minimum atomic E-state index is -3.26. The van der Waals surface area contributed by atoms with E-state index in [1.807, 2.05) is 25.1 Å². The fourth-order valence-corrected chi connectivity index (χ4v) is 2.69. The molecule has 0 saturated heterocycles. The predicted octanol–water partition coefficient (Wildman–Crippen LogP) is 3.38. The average molecular weight is 311 g/mol. The highest BCUT2D eigenvalue weighted by Crippen LogP contribution is 2.30. The highest BCUT2D eigenvalue weighted by atomic mass is 35.5. The maximum absolute atomic E-state index is 11.4. The number of nitrogens with one attached hydrogen (secondary N) is 1. The molecule has 20 heavy (non-hydrogen) atoms. The third-order valence-electron chi connectivity index (χ3n) is 2.85. The molecule has 0 bridgehead atoms. The van der Waals surface area contributed by atoms with Crippen LogP contribution in [0.4, 0.5) is 17.1 Å². The van der Waals surface area contributed by atoms with Gasteiger partial charge in [0.05, 0.1) is 27.0 Å². The SMILES string of the molecule is Cc1ccc(Nc2ccc(S(C)(=O)=O)cc2N)c(Cl)c1. The topological polar surface area (TPSA) is 72.2 Å². The maximum atomic E-state index is 11.4. The van der Waals surface area contributed by atoms with Crippen molar-refractivity contribution in [3.8, 4) is 0 Å². The Morgan fingerprint density at radius 1 is 1.10 bits per heavy atom. The van der Waals surface area contributed by atoms with Gasteiger partial charge in [-0.15, -0.1) is 0 Å². The van der Waals surface area contributed by atoms with Crippen molar-refractivity contribution in [3.63, 3.8) is 0 Å². The summed E-state index contributed by atoms with van der Waals surface area (Å²) in [5.74, 6) is 0. The number of hydrogen-bond donors (Lipinski definition) is 2. The summed E-state index contributed by atoms with van der Waals surface area (Å²) in [4.78, 5) is 0.190. The van der Waals surface area contributed by atoms with Crippen LogP contribution in [0.1, 0.15) is 5.56 Å². The molecule has 0 amide bonds. The van der Waals surface area contributed by atoms with Crippen molar-refractivity contribution < 1.29 is 8.42 Å². The number of nitrogen functional groups attached to an aromatic ring is 1. The van der Waals surface area contributed by atoms with Crippen molar-refractivity contribution in [1.29, 1.82) is 0 Å². The number of rotatable bonds is 3. The zero-order chi connectivity index (χ0) is 14.9. The van der Waals surface area contributed by atoms with Crippen LogP contribution in [-0.2, 0) is 9.84 Å². The number of nitrogens with two attached hydrogens (primary N) is 1. The van der Waals surface area contributed by atoms with E-state index >= 15 is 0 Å². The minimum absolute atomic E-state index is 0.190. The molecule has 0 aromatic heterocycles. The number of aryl methyl sites for hydroxylation is 1. The van der Waals surface area contributed by atoms with Crippen molar-refractivity contribution in [2.75, 3.05) is 17.3 Å². The first-order valence-electron chi connectivity index (χ1n) is 5.90. The number of halogens is 1. The third-order valence-corrected chi connectivity index (χ3v) is 4.27. The normalized spacial score (nSPS) is 11.3. The average Bonchev–Trinajstić information content (AvgIpc) is 2.33. The summed E-state index contributed by atoms with van der Waals surface area (Å²) in [7, 11) is -3.26. The summed E-state index contributed by atoms with van der Waals surface area (Å²) in [5.41, 5.74) is 8.62. The van der Waals surface area contributed by atoms with E-state index in [1.54, 1.807) is 6.07 Å². The molecule has 6 heteroatoms. The molecule has 0 fully saturated rings. The van der Waals surface area contributed by atoms with Gasteiger partial charge in [0.1, 0.15) is 0 Å². The van der Waals surface area contributed by atoms with Crippen molar-refractivity contribution in [3.05, 3.63) is 47.0 Å². The van der Waals surface area contributed by atoms with E-state index in [0.717, 1.165) is 17.5 Å². The van der Waals surface area contributed by atoms with E-state index in [0.29, 0.717) is 16.4 Å². The summed E-state index contributed by atoms with van der Waals surface area (Å²) in [6.07, 6.45) is 1.14. The van der Waals surface area contributed by atoms with Gasteiger partial charge < -0.3 is 11.1 Å². The monoisotopic (exact) mass is 310 g/mol. The Labute approximate surface area is 123 Å². The van der Waals surface area contributed by atoms with Gasteiger partial charge in [-0.1, -0.05) is 17.7 Å². The predicted molar refractivity (Wildman–Crippen MR) is 83.4 cm³/mol. The van der Waals surface area contributed by atoms with Crippen LogP contribution in [0, 0.1) is 6.92 Å². The van der Waals surface area contributed by atoms with E-state index in [4.69, 9.17) is 17.3 Å². The number of hydrogen-bond acceptors (Lipinski definition) is 4. The van der Waals surface area contributed by atoms with Crippen LogP contribution in [0.25, 0.3) is 0 Å². The quantitative estimate of drug-likeness (QED) is 0.852. The van der Waals surface area contributed by atoms with E-state index in [-0.39, 0.29) is 4.90 Å². The second-order valence-corrected chi connectivity index (χ2v) is 7.05. The van der Waals surface area contributed by atoms with Gasteiger partial charge in [0.2, 0.25) is 0 Å². The zero-order valence-electron chi connectivity index (χ0n) is 11.1. The molecule has 2 aromatic rings. The van der Waals surface area contributed by atoms with E-state index < -0.39 is 9.84 Å². The molecule has 0 heterocycles. The first-order chi connectivity index (χ1) is 9.27. The molecule has 3 N–H and O–H groups in total. The zero-order valence-corrected chi connectivity index (χ0v) is 12.7. The molecule has 0 aliphatic heterocycles. The van der Waals surface area contributed by atoms with Crippen LogP contribution in [0.15, 0.2) is 41.3 Å². The minimum Gasteiger partial charge on any atom is -0.397 e. The maximum Gasteiger partial charge on any atom is 0.175 e. The van der Waals surface area contributed by atoms with Crippen LogP contribution in [0.3, 0.4) is 0 Å². The highest BCUT2D eigenvalue weighted by molar-refractivity contribution is 7.90. The second-order valence-electron chi connectivity index (χ2n) is 4.63. The Bertz CT molecular complexity index is 758. The Balaban J connectivity index is 2.35. The van der Waals surface area contributed by atoms with E-state index in [2.05, 4.69) is 5.32 Å². The molecule has 106 valence electrons. The molecule has 4 nitrogen and oxygen atoms in total. The molecule has 0 aliphatic carbocycles. The Kier molecular flexibility index (Phi) is 3.92. The smallest absolute Gasteiger partial charge is 0.175 e. The third kappa shape index (κ3) is 3.23. The van der Waals surface area contributed by atoms with Gasteiger partial charge in [-0.25, -0.2) is 8.42 Å². The van der Waals surface area contributed by atoms with Gasteiger partial charge in [0.25, 0.3) is 0 Å². The summed E-state index contributed by atoms with van der Waals surface area (Å²) < 4.78 is 22.9. The summed E-state index contributed by atoms with van der Waals surface area (Å²) in [5, 5.41) is 3.67. The lowest BCUT2D eigenvalue weighted by Gasteiger charge is -2.12. The van der Waals surface area contributed by atoms with E-state index in [9.17, 15) is 8.42 Å². The second kappa shape index (κ2) is 5.34. The largest absolute Gasteiger partial charge is 0.397 e. The Morgan fingerprint density at radius 3 is 2.30 bits per heavy atom. The highest BCUT2D eigenvalue weighted by Gasteiger charge is 2.10. The number of benzene rings is 2. The van der Waals surface area contributed by atoms with Gasteiger partial charge in [0.15, 0.2) is 9.84 Å². The fourth-order valence-electron chi connectivity index (χ4n) is 1.75. The van der Waals surface area contributed by atoms with Crippen LogP contribution in [0.5, 0.6) is 0 Å². The molecule has 2 rings (SSSR count). The van der Waals surface area contributed by atoms with Crippen molar-refractivity contribution in [1.82, 2.24) is 0 Å². The van der Waals surface area contributed by atoms with Gasteiger partial charge in [-0.05, 0) is 42.8 Å². The first-order valence-corrected chi connectivity index (χ1v) is 8.17. The molecule has 0 unspecified atom stereocenters. The van der Waals surface area contributed by atoms with Gasteiger partial charge in [0, 0.05) is 6.26 Å². The van der Waals surface area contributed by atoms with Crippen molar-refractivity contribution >= 4 is 38.5 Å². The molecule has 0 radical (unpaired) electrons. The molecular formula is C14H15ClN2O2S. The van der Waals surface area contributed by atoms with Crippen LogP contribution >= 0.6 is 11.6 Å². The summed E-state index contributed by atoms with van der Waals surface area (Å²) in [6.45, 7) is 1.95. The van der Waals surface area contributed by atoms with Crippen molar-refractivity contribution in [2.45, 2.75) is 11.8 Å². The molecule has 0 atom stereocenters. The lowest BCUT2D eigenvalue weighted by Crippen LogP contribution is -2.01. The van der Waals surface area contributed by atoms with Crippen molar-refractivity contribution in [2.24, 2.45) is 0 Å². The van der Waals surface area contributed by atoms with Gasteiger partial charge >= 0.3 is 0 Å². The number of anilines is 3. The Hall–Kier alpha value is -1.72. The first kappa shape index (κ1) is 14.7. The van der Waals surface area contributed by atoms with Gasteiger partial charge in [-0.3, -0.25) is 0 Å². The molecular weight excluding hydrogens is 296 g/mol. The molecule has 0 spiro atoms. The lowest BCUT2D eigenvalue weighted by atomic mass is 10.2.